The number of benzene rings is 1. The Morgan fingerprint density at radius 1 is 1.24 bits per heavy atom. The van der Waals surface area contributed by atoms with E-state index in [9.17, 15) is 0 Å². The monoisotopic (exact) mass is 291 g/mol. The summed E-state index contributed by atoms with van der Waals surface area (Å²) in [5.74, 6) is 6.84. The third kappa shape index (κ3) is 3.39. The van der Waals surface area contributed by atoms with Crippen LogP contribution in [-0.2, 0) is 0 Å². The molecule has 3 N–H and O–H groups in total. The maximum atomic E-state index is 5.94. The molecule has 1 atom stereocenters. The van der Waals surface area contributed by atoms with E-state index in [1.165, 1.54) is 24.8 Å². The zero-order chi connectivity index (χ0) is 15.5. The van der Waals surface area contributed by atoms with Gasteiger partial charge in [-0.1, -0.05) is 24.1 Å². The van der Waals surface area contributed by atoms with E-state index in [1.807, 2.05) is 6.07 Å². The van der Waals surface area contributed by atoms with Gasteiger partial charge in [-0.15, -0.1) is 0 Å². The summed E-state index contributed by atoms with van der Waals surface area (Å²) in [5, 5.41) is 0. The summed E-state index contributed by atoms with van der Waals surface area (Å²) < 4.78 is 5.55. The maximum absolute atomic E-state index is 5.94. The van der Waals surface area contributed by atoms with Gasteiger partial charge >= 0.3 is 0 Å². The Labute approximate surface area is 128 Å². The molecule has 1 aliphatic heterocycles. The number of hydrogen-bond donors (Lipinski definition) is 2. The predicted molar refractivity (Wildman–Crippen MR) is 87.3 cm³/mol. The van der Waals surface area contributed by atoms with Crippen LogP contribution in [0.1, 0.15) is 50.3 Å². The normalized spacial score (nSPS) is 18.5. The molecule has 4 heteroatoms. The largest absolute Gasteiger partial charge is 0.496 e. The topological polar surface area (TPSA) is 50.5 Å². The van der Waals surface area contributed by atoms with E-state index >= 15 is 0 Å². The second-order valence-corrected chi connectivity index (χ2v) is 6.55. The van der Waals surface area contributed by atoms with Crippen molar-refractivity contribution >= 4 is 0 Å². The molecule has 1 aliphatic rings. The van der Waals surface area contributed by atoms with Gasteiger partial charge in [-0.2, -0.15) is 0 Å². The Hall–Kier alpha value is -1.10. The molecular weight excluding hydrogens is 262 g/mol. The highest BCUT2D eigenvalue weighted by Crippen LogP contribution is 2.37. The molecule has 2 rings (SSSR count). The molecule has 0 aromatic heterocycles. The zero-order valence-corrected chi connectivity index (χ0v) is 13.8. The molecule has 1 aromatic rings. The molecule has 0 spiro atoms. The molecule has 118 valence electrons. The summed E-state index contributed by atoms with van der Waals surface area (Å²) in [4.78, 5) is 2.54. The summed E-state index contributed by atoms with van der Waals surface area (Å²) in [6, 6.07) is 6.31. The van der Waals surface area contributed by atoms with E-state index in [1.54, 1.807) is 7.11 Å². The van der Waals surface area contributed by atoms with Crippen molar-refractivity contribution in [2.45, 2.75) is 51.6 Å². The van der Waals surface area contributed by atoms with E-state index in [0.717, 1.165) is 24.4 Å². The summed E-state index contributed by atoms with van der Waals surface area (Å²) >= 11 is 0. The number of ether oxygens (including phenoxy) is 1. The van der Waals surface area contributed by atoms with Crippen molar-refractivity contribution in [2.24, 2.45) is 5.84 Å². The Morgan fingerprint density at radius 2 is 1.90 bits per heavy atom. The van der Waals surface area contributed by atoms with E-state index in [-0.39, 0.29) is 11.6 Å². The minimum atomic E-state index is -0.0593. The van der Waals surface area contributed by atoms with E-state index < -0.39 is 0 Å². The lowest BCUT2D eigenvalue weighted by Crippen LogP contribution is -2.55. The van der Waals surface area contributed by atoms with Crippen molar-refractivity contribution < 1.29 is 4.74 Å². The van der Waals surface area contributed by atoms with Crippen LogP contribution in [0.25, 0.3) is 0 Å². The molecule has 1 fully saturated rings. The van der Waals surface area contributed by atoms with Crippen LogP contribution in [0.4, 0.5) is 0 Å². The SMILES string of the molecule is COc1ccc(C)cc1C(NN)C(C)(C)N1CCCCC1. The van der Waals surface area contributed by atoms with Gasteiger partial charge in [-0.25, -0.2) is 0 Å². The van der Waals surface area contributed by atoms with Crippen molar-refractivity contribution in [3.8, 4) is 5.75 Å². The van der Waals surface area contributed by atoms with Crippen LogP contribution < -0.4 is 16.0 Å². The highest BCUT2D eigenvalue weighted by atomic mass is 16.5. The first-order chi connectivity index (χ1) is 10.0. The standard InChI is InChI=1S/C17H29N3O/c1-13-8-9-15(21-4)14(12-13)16(19-18)17(2,3)20-10-6-5-7-11-20/h8-9,12,16,19H,5-7,10-11,18H2,1-4H3. The summed E-state index contributed by atoms with van der Waals surface area (Å²) in [6.07, 6.45) is 3.87. The molecule has 21 heavy (non-hydrogen) atoms. The average molecular weight is 291 g/mol. The zero-order valence-electron chi connectivity index (χ0n) is 13.8. The van der Waals surface area contributed by atoms with Crippen LogP contribution in [0.3, 0.4) is 0 Å². The second-order valence-electron chi connectivity index (χ2n) is 6.55. The number of likely N-dealkylation sites (tertiary alicyclic amines) is 1. The number of hydrazine groups is 1. The third-order valence-corrected chi connectivity index (χ3v) is 4.74. The van der Waals surface area contributed by atoms with E-state index in [0.29, 0.717) is 0 Å². The van der Waals surface area contributed by atoms with Crippen molar-refractivity contribution in [3.05, 3.63) is 29.3 Å². The number of piperidine rings is 1. The number of nitrogens with zero attached hydrogens (tertiary/aromatic N) is 1. The Kier molecular flexibility index (Phi) is 5.25. The maximum Gasteiger partial charge on any atom is 0.123 e. The highest BCUT2D eigenvalue weighted by molar-refractivity contribution is 5.40. The van der Waals surface area contributed by atoms with E-state index in [4.69, 9.17) is 10.6 Å². The van der Waals surface area contributed by atoms with Gasteiger partial charge in [0.15, 0.2) is 0 Å². The van der Waals surface area contributed by atoms with Gasteiger partial charge in [0.1, 0.15) is 5.75 Å². The summed E-state index contributed by atoms with van der Waals surface area (Å²) in [5.41, 5.74) is 5.33. The summed E-state index contributed by atoms with van der Waals surface area (Å²) in [6.45, 7) is 8.91. The molecule has 1 unspecified atom stereocenters. The van der Waals surface area contributed by atoms with Crippen LogP contribution in [0.5, 0.6) is 5.75 Å². The van der Waals surface area contributed by atoms with Gasteiger partial charge in [0.2, 0.25) is 0 Å². The lowest BCUT2D eigenvalue weighted by atomic mass is 9.85. The Morgan fingerprint density at radius 3 is 2.48 bits per heavy atom. The third-order valence-electron chi connectivity index (χ3n) is 4.74. The van der Waals surface area contributed by atoms with Gasteiger partial charge in [0, 0.05) is 11.1 Å². The van der Waals surface area contributed by atoms with Crippen molar-refractivity contribution in [3.63, 3.8) is 0 Å². The minimum Gasteiger partial charge on any atom is -0.496 e. The second kappa shape index (κ2) is 6.77. The molecule has 0 radical (unpaired) electrons. The van der Waals surface area contributed by atoms with Gasteiger partial charge in [-0.3, -0.25) is 16.2 Å². The Balaban J connectivity index is 2.35. The number of aryl methyl sites for hydroxylation is 1. The molecule has 0 aliphatic carbocycles. The van der Waals surface area contributed by atoms with Crippen LogP contribution in [0.15, 0.2) is 18.2 Å². The molecule has 1 saturated heterocycles. The number of methoxy groups -OCH3 is 1. The molecule has 1 heterocycles. The quantitative estimate of drug-likeness (QED) is 0.647. The molecule has 0 bridgehead atoms. The molecule has 0 amide bonds. The highest BCUT2D eigenvalue weighted by Gasteiger charge is 2.37. The first-order valence-corrected chi connectivity index (χ1v) is 7.86. The molecule has 4 nitrogen and oxygen atoms in total. The number of nitrogens with two attached hydrogens (primary N) is 1. The average Bonchev–Trinajstić information content (AvgIpc) is 2.49. The first kappa shape index (κ1) is 16.3. The van der Waals surface area contributed by atoms with Gasteiger partial charge in [0.05, 0.1) is 13.2 Å². The minimum absolute atomic E-state index is 0.0328. The van der Waals surface area contributed by atoms with Crippen LogP contribution >= 0.6 is 0 Å². The number of rotatable bonds is 5. The fraction of sp³-hybridized carbons (Fsp3) is 0.647. The van der Waals surface area contributed by atoms with Gasteiger partial charge in [0.25, 0.3) is 0 Å². The molecular formula is C17H29N3O. The predicted octanol–water partition coefficient (Wildman–Crippen LogP) is 2.77. The van der Waals surface area contributed by atoms with E-state index in [2.05, 4.69) is 43.2 Å². The fourth-order valence-corrected chi connectivity index (χ4v) is 3.41. The van der Waals surface area contributed by atoms with Crippen LogP contribution in [0, 0.1) is 6.92 Å². The summed E-state index contributed by atoms with van der Waals surface area (Å²) in [7, 11) is 1.72. The van der Waals surface area contributed by atoms with Crippen molar-refractivity contribution in [1.29, 1.82) is 0 Å². The van der Waals surface area contributed by atoms with Crippen molar-refractivity contribution in [1.82, 2.24) is 10.3 Å². The van der Waals surface area contributed by atoms with Crippen molar-refractivity contribution in [2.75, 3.05) is 20.2 Å². The lowest BCUT2D eigenvalue weighted by Gasteiger charge is -2.46. The molecule has 0 saturated carbocycles. The first-order valence-electron chi connectivity index (χ1n) is 7.86. The Bertz CT molecular complexity index is 467. The van der Waals surface area contributed by atoms with Gasteiger partial charge < -0.3 is 4.74 Å². The molecule has 1 aromatic carbocycles. The number of nitrogens with one attached hydrogen (secondary N) is 1. The number of hydrogen-bond acceptors (Lipinski definition) is 4. The fourth-order valence-electron chi connectivity index (χ4n) is 3.41. The smallest absolute Gasteiger partial charge is 0.123 e. The van der Waals surface area contributed by atoms with Crippen LogP contribution in [-0.4, -0.2) is 30.6 Å². The van der Waals surface area contributed by atoms with Gasteiger partial charge in [-0.05, 0) is 52.8 Å². The lowest BCUT2D eigenvalue weighted by molar-refractivity contribution is 0.0599. The van der Waals surface area contributed by atoms with Crippen LogP contribution in [0.2, 0.25) is 0 Å².